The Kier molecular flexibility index (Phi) is 3.60. The van der Waals surface area contributed by atoms with Gasteiger partial charge in [0.25, 0.3) is 5.91 Å². The maximum atomic E-state index is 13.1. The highest BCUT2D eigenvalue weighted by Gasteiger charge is 2.33. The van der Waals surface area contributed by atoms with Crippen molar-refractivity contribution in [2.75, 3.05) is 7.05 Å². The van der Waals surface area contributed by atoms with Gasteiger partial charge < -0.3 is 9.32 Å². The molecule has 0 saturated heterocycles. The van der Waals surface area contributed by atoms with Crippen LogP contribution in [0.5, 0.6) is 0 Å². The van der Waals surface area contributed by atoms with Crippen molar-refractivity contribution in [3.05, 3.63) is 54.3 Å². The van der Waals surface area contributed by atoms with Crippen molar-refractivity contribution >= 4 is 16.8 Å². The highest BCUT2D eigenvalue weighted by molar-refractivity contribution is 6.07. The number of pyridine rings is 1. The number of carbonyl (C=O) groups is 1. The quantitative estimate of drug-likeness (QED) is 0.717. The van der Waals surface area contributed by atoms with Gasteiger partial charge in [-0.25, -0.2) is 4.98 Å². The topological polar surface area (TPSA) is 46.3 Å². The first kappa shape index (κ1) is 14.9. The molecular weight excluding hydrogens is 300 g/mol. The number of carbonyl (C=O) groups excluding carboxylic acids is 1. The van der Waals surface area contributed by atoms with E-state index in [1.807, 2.05) is 54.4 Å². The number of nitrogens with zero attached hydrogens (tertiary/aromatic N) is 2. The molecule has 1 aromatic carbocycles. The third-order valence-electron chi connectivity index (χ3n) is 4.96. The molecule has 0 bridgehead atoms. The molecular formula is C20H20N2O2. The lowest BCUT2D eigenvalue weighted by atomic mass is 10.0. The lowest BCUT2D eigenvalue weighted by Crippen LogP contribution is -2.36. The van der Waals surface area contributed by atoms with E-state index in [1.165, 1.54) is 12.8 Å². The van der Waals surface area contributed by atoms with Crippen LogP contribution in [0, 0.1) is 5.92 Å². The zero-order valence-corrected chi connectivity index (χ0v) is 13.9. The minimum Gasteiger partial charge on any atom is -0.463 e. The third-order valence-corrected chi connectivity index (χ3v) is 4.96. The number of benzene rings is 1. The minimum absolute atomic E-state index is 0.0424. The molecule has 1 atom stereocenters. The summed E-state index contributed by atoms with van der Waals surface area (Å²) in [5.41, 5.74) is 2.18. The average Bonchev–Trinajstić information content (AvgIpc) is 3.32. The van der Waals surface area contributed by atoms with Gasteiger partial charge >= 0.3 is 0 Å². The highest BCUT2D eigenvalue weighted by Crippen LogP contribution is 2.35. The number of furan rings is 1. The SMILES string of the molecule is CC(C1CC1)N(C)C(=O)c1cc(-c2ccco2)nc2ccccc12. The zero-order chi connectivity index (χ0) is 16.7. The van der Waals surface area contributed by atoms with Gasteiger partial charge in [0, 0.05) is 18.5 Å². The summed E-state index contributed by atoms with van der Waals surface area (Å²) in [6.07, 6.45) is 4.05. The summed E-state index contributed by atoms with van der Waals surface area (Å²) in [5.74, 6) is 1.35. The molecule has 1 fully saturated rings. The molecule has 1 amide bonds. The molecule has 3 aromatic rings. The molecule has 1 aliphatic carbocycles. The van der Waals surface area contributed by atoms with E-state index in [2.05, 4.69) is 11.9 Å². The van der Waals surface area contributed by atoms with Gasteiger partial charge in [-0.2, -0.15) is 0 Å². The van der Waals surface area contributed by atoms with Crippen LogP contribution >= 0.6 is 0 Å². The van der Waals surface area contributed by atoms with Crippen LogP contribution < -0.4 is 0 Å². The van der Waals surface area contributed by atoms with Gasteiger partial charge in [0.15, 0.2) is 5.76 Å². The third kappa shape index (κ3) is 2.58. The van der Waals surface area contributed by atoms with Gasteiger partial charge in [0.05, 0.1) is 17.3 Å². The molecule has 1 unspecified atom stereocenters. The summed E-state index contributed by atoms with van der Waals surface area (Å²) in [6.45, 7) is 2.13. The monoisotopic (exact) mass is 320 g/mol. The maximum Gasteiger partial charge on any atom is 0.254 e. The molecule has 0 N–H and O–H groups in total. The number of amides is 1. The summed E-state index contributed by atoms with van der Waals surface area (Å²) in [7, 11) is 1.90. The van der Waals surface area contributed by atoms with Crippen LogP contribution in [-0.4, -0.2) is 28.9 Å². The number of rotatable bonds is 4. The Morgan fingerprint density at radius 1 is 1.25 bits per heavy atom. The Morgan fingerprint density at radius 3 is 2.75 bits per heavy atom. The Balaban J connectivity index is 1.82. The lowest BCUT2D eigenvalue weighted by Gasteiger charge is -2.25. The number of para-hydroxylation sites is 1. The predicted molar refractivity (Wildman–Crippen MR) is 93.7 cm³/mol. The van der Waals surface area contributed by atoms with E-state index in [-0.39, 0.29) is 11.9 Å². The zero-order valence-electron chi connectivity index (χ0n) is 13.9. The summed E-state index contributed by atoms with van der Waals surface area (Å²) in [6, 6.07) is 13.6. The van der Waals surface area contributed by atoms with E-state index in [0.717, 1.165) is 10.9 Å². The largest absolute Gasteiger partial charge is 0.463 e. The summed E-state index contributed by atoms with van der Waals surface area (Å²) in [5, 5.41) is 0.882. The first-order valence-electron chi connectivity index (χ1n) is 8.36. The standard InChI is InChI=1S/C20H20N2O2/c1-13(14-9-10-14)22(2)20(23)16-12-18(19-8-5-11-24-19)21-17-7-4-3-6-15(16)17/h3-8,11-14H,9-10H2,1-2H3. The normalized spacial score (nSPS) is 15.4. The second kappa shape index (κ2) is 5.78. The first-order valence-corrected chi connectivity index (χ1v) is 8.36. The van der Waals surface area contributed by atoms with Crippen LogP contribution in [0.4, 0.5) is 0 Å². The highest BCUT2D eigenvalue weighted by atomic mass is 16.3. The number of hydrogen-bond donors (Lipinski definition) is 0. The summed E-state index contributed by atoms with van der Waals surface area (Å²) >= 11 is 0. The van der Waals surface area contributed by atoms with Gasteiger partial charge in [0.2, 0.25) is 0 Å². The minimum atomic E-state index is 0.0424. The summed E-state index contributed by atoms with van der Waals surface area (Å²) in [4.78, 5) is 19.6. The van der Waals surface area contributed by atoms with E-state index in [0.29, 0.717) is 22.9 Å². The van der Waals surface area contributed by atoms with Crippen molar-refractivity contribution in [3.8, 4) is 11.5 Å². The van der Waals surface area contributed by atoms with E-state index in [4.69, 9.17) is 4.42 Å². The average molecular weight is 320 g/mol. The molecule has 0 radical (unpaired) electrons. The number of hydrogen-bond acceptors (Lipinski definition) is 3. The van der Waals surface area contributed by atoms with Gasteiger partial charge in [-0.3, -0.25) is 4.79 Å². The molecule has 1 aliphatic rings. The fraction of sp³-hybridized carbons (Fsp3) is 0.300. The maximum absolute atomic E-state index is 13.1. The van der Waals surface area contributed by atoms with Crippen molar-refractivity contribution in [1.82, 2.24) is 9.88 Å². The van der Waals surface area contributed by atoms with Gasteiger partial charge in [-0.15, -0.1) is 0 Å². The molecule has 24 heavy (non-hydrogen) atoms. The van der Waals surface area contributed by atoms with Gasteiger partial charge in [-0.1, -0.05) is 18.2 Å². The smallest absolute Gasteiger partial charge is 0.254 e. The Morgan fingerprint density at radius 2 is 2.04 bits per heavy atom. The van der Waals surface area contributed by atoms with Crippen LogP contribution in [-0.2, 0) is 0 Å². The Bertz CT molecular complexity index is 882. The van der Waals surface area contributed by atoms with Crippen molar-refractivity contribution in [2.24, 2.45) is 5.92 Å². The van der Waals surface area contributed by atoms with Crippen LogP contribution in [0.15, 0.2) is 53.1 Å². The summed E-state index contributed by atoms with van der Waals surface area (Å²) < 4.78 is 5.47. The fourth-order valence-electron chi connectivity index (χ4n) is 3.17. The second-order valence-electron chi connectivity index (χ2n) is 6.54. The van der Waals surface area contributed by atoms with Crippen molar-refractivity contribution in [3.63, 3.8) is 0 Å². The predicted octanol–water partition coefficient (Wildman–Crippen LogP) is 4.37. The van der Waals surface area contributed by atoms with E-state index < -0.39 is 0 Å². The molecule has 4 heteroatoms. The van der Waals surface area contributed by atoms with Crippen LogP contribution in [0.3, 0.4) is 0 Å². The Hall–Kier alpha value is -2.62. The molecule has 122 valence electrons. The molecule has 1 saturated carbocycles. The second-order valence-corrected chi connectivity index (χ2v) is 6.54. The molecule has 4 nitrogen and oxygen atoms in total. The van der Waals surface area contributed by atoms with Gasteiger partial charge in [-0.05, 0) is 49.9 Å². The molecule has 2 heterocycles. The molecule has 0 aliphatic heterocycles. The fourth-order valence-corrected chi connectivity index (χ4v) is 3.17. The van der Waals surface area contributed by atoms with Crippen LogP contribution in [0.2, 0.25) is 0 Å². The van der Waals surface area contributed by atoms with E-state index in [9.17, 15) is 4.79 Å². The van der Waals surface area contributed by atoms with Crippen molar-refractivity contribution in [2.45, 2.75) is 25.8 Å². The van der Waals surface area contributed by atoms with Crippen molar-refractivity contribution < 1.29 is 9.21 Å². The lowest BCUT2D eigenvalue weighted by molar-refractivity contribution is 0.0729. The number of fused-ring (bicyclic) bond motifs is 1. The van der Waals surface area contributed by atoms with E-state index in [1.54, 1.807) is 6.26 Å². The molecule has 0 spiro atoms. The van der Waals surface area contributed by atoms with Crippen LogP contribution in [0.25, 0.3) is 22.4 Å². The number of aromatic nitrogens is 1. The van der Waals surface area contributed by atoms with E-state index >= 15 is 0 Å². The molecule has 2 aromatic heterocycles. The van der Waals surface area contributed by atoms with Crippen LogP contribution in [0.1, 0.15) is 30.1 Å². The van der Waals surface area contributed by atoms with Crippen molar-refractivity contribution in [1.29, 1.82) is 0 Å². The first-order chi connectivity index (χ1) is 11.6. The molecule has 4 rings (SSSR count). The Labute approximate surface area is 141 Å². The van der Waals surface area contributed by atoms with Gasteiger partial charge in [0.1, 0.15) is 5.69 Å².